The van der Waals surface area contributed by atoms with Gasteiger partial charge in [-0.3, -0.25) is 5.10 Å². The topological polar surface area (TPSA) is 115 Å². The lowest BCUT2D eigenvalue weighted by atomic mass is 10.5. The summed E-state index contributed by atoms with van der Waals surface area (Å²) in [5, 5.41) is 7.39. The number of ether oxygens (including phenoxy) is 1. The number of rotatable bonds is 4. The van der Waals surface area contributed by atoms with E-state index in [9.17, 15) is 0 Å². The molecule has 0 aromatic carbocycles. The van der Waals surface area contributed by atoms with Crippen LogP contribution >= 0.6 is 11.8 Å². The average molecular weight is 253 g/mol. The molecule has 2 aromatic rings. The van der Waals surface area contributed by atoms with Crippen molar-refractivity contribution in [1.29, 1.82) is 0 Å². The van der Waals surface area contributed by atoms with Crippen molar-refractivity contribution >= 4 is 17.7 Å². The fraction of sp³-hybridized carbons (Fsp3) is 0.375. The van der Waals surface area contributed by atoms with Gasteiger partial charge in [-0.25, -0.2) is 4.98 Å². The van der Waals surface area contributed by atoms with E-state index in [1.54, 1.807) is 0 Å². The lowest BCUT2D eigenvalue weighted by Gasteiger charge is -2.08. The second-order valence-electron chi connectivity index (χ2n) is 3.32. The standard InChI is InChI=1S/C8H11N7OS/c1-4(2)16-6-12-5(9)13-8(14-6)17-7-10-3-11-15-7/h3-4H,1-2H3,(H,10,11,15)(H2,9,12,13,14). The number of hydrogen-bond donors (Lipinski definition) is 2. The fourth-order valence-corrected chi connectivity index (χ4v) is 1.63. The molecular weight excluding hydrogens is 242 g/mol. The van der Waals surface area contributed by atoms with Gasteiger partial charge in [-0.2, -0.15) is 20.1 Å². The Labute approximate surface area is 101 Å². The molecular formula is C8H11N7OS. The Hall–Kier alpha value is -1.90. The molecule has 0 fully saturated rings. The molecule has 2 heterocycles. The summed E-state index contributed by atoms with van der Waals surface area (Å²) >= 11 is 1.20. The van der Waals surface area contributed by atoms with Crippen molar-refractivity contribution in [3.05, 3.63) is 6.33 Å². The van der Waals surface area contributed by atoms with Gasteiger partial charge in [0.2, 0.25) is 11.1 Å². The quantitative estimate of drug-likeness (QED) is 0.809. The minimum atomic E-state index is -0.0278. The van der Waals surface area contributed by atoms with Crippen LogP contribution in [0.3, 0.4) is 0 Å². The summed E-state index contributed by atoms with van der Waals surface area (Å²) in [5.41, 5.74) is 5.56. The normalized spacial score (nSPS) is 10.8. The average Bonchev–Trinajstić information content (AvgIpc) is 2.67. The summed E-state index contributed by atoms with van der Waals surface area (Å²) < 4.78 is 5.35. The first kappa shape index (κ1) is 11.6. The van der Waals surface area contributed by atoms with Crippen LogP contribution in [0.5, 0.6) is 6.01 Å². The largest absolute Gasteiger partial charge is 0.461 e. The van der Waals surface area contributed by atoms with Crippen molar-refractivity contribution in [2.75, 3.05) is 5.73 Å². The molecule has 0 atom stereocenters. The molecule has 17 heavy (non-hydrogen) atoms. The van der Waals surface area contributed by atoms with E-state index in [-0.39, 0.29) is 18.1 Å². The van der Waals surface area contributed by atoms with E-state index >= 15 is 0 Å². The van der Waals surface area contributed by atoms with Crippen molar-refractivity contribution in [2.45, 2.75) is 30.3 Å². The van der Waals surface area contributed by atoms with Gasteiger partial charge in [0, 0.05) is 0 Å². The number of aromatic nitrogens is 6. The molecule has 0 amide bonds. The van der Waals surface area contributed by atoms with Crippen LogP contribution in [-0.2, 0) is 0 Å². The Kier molecular flexibility index (Phi) is 3.38. The van der Waals surface area contributed by atoms with Crippen LogP contribution in [0.2, 0.25) is 0 Å². The molecule has 0 radical (unpaired) electrons. The van der Waals surface area contributed by atoms with Crippen molar-refractivity contribution in [2.24, 2.45) is 0 Å². The molecule has 2 rings (SSSR count). The smallest absolute Gasteiger partial charge is 0.322 e. The highest BCUT2D eigenvalue weighted by atomic mass is 32.2. The lowest BCUT2D eigenvalue weighted by Crippen LogP contribution is -2.10. The second-order valence-corrected chi connectivity index (χ2v) is 4.27. The molecule has 9 heteroatoms. The SMILES string of the molecule is CC(C)Oc1nc(N)nc(Sc2ncn[nH]2)n1. The number of H-pyrrole nitrogens is 1. The van der Waals surface area contributed by atoms with Gasteiger partial charge >= 0.3 is 6.01 Å². The third kappa shape index (κ3) is 3.28. The minimum Gasteiger partial charge on any atom is -0.461 e. The van der Waals surface area contributed by atoms with Crippen molar-refractivity contribution < 1.29 is 4.74 Å². The first-order chi connectivity index (χ1) is 8.13. The highest BCUT2D eigenvalue weighted by Gasteiger charge is 2.09. The number of nitrogens with one attached hydrogen (secondary N) is 1. The molecule has 2 aromatic heterocycles. The van der Waals surface area contributed by atoms with Gasteiger partial charge in [-0.15, -0.1) is 0 Å². The maximum absolute atomic E-state index is 5.56. The Bertz CT molecular complexity index is 487. The van der Waals surface area contributed by atoms with Gasteiger partial charge in [0.25, 0.3) is 0 Å². The van der Waals surface area contributed by atoms with Gasteiger partial charge in [0.15, 0.2) is 5.16 Å². The molecule has 3 N–H and O–H groups in total. The molecule has 0 saturated heterocycles. The van der Waals surface area contributed by atoms with Gasteiger partial charge in [-0.05, 0) is 25.6 Å². The van der Waals surface area contributed by atoms with E-state index in [0.717, 1.165) is 0 Å². The molecule has 0 saturated carbocycles. The van der Waals surface area contributed by atoms with Crippen LogP contribution < -0.4 is 10.5 Å². The summed E-state index contributed by atoms with van der Waals surface area (Å²) in [5.74, 6) is 0.109. The minimum absolute atomic E-state index is 0.0278. The highest BCUT2D eigenvalue weighted by Crippen LogP contribution is 2.22. The summed E-state index contributed by atoms with van der Waals surface area (Å²) in [6, 6.07) is 0.203. The van der Waals surface area contributed by atoms with E-state index < -0.39 is 0 Å². The van der Waals surface area contributed by atoms with Gasteiger partial charge in [0.1, 0.15) is 6.33 Å². The third-order valence-corrected chi connectivity index (χ3v) is 2.29. The number of aromatic amines is 1. The molecule has 0 bridgehead atoms. The predicted octanol–water partition coefficient (Wildman–Crippen LogP) is 0.510. The number of hydrogen-bond acceptors (Lipinski definition) is 8. The zero-order chi connectivity index (χ0) is 12.3. The lowest BCUT2D eigenvalue weighted by molar-refractivity contribution is 0.219. The maximum atomic E-state index is 5.56. The molecule has 0 unspecified atom stereocenters. The molecule has 0 aliphatic rings. The zero-order valence-corrected chi connectivity index (χ0v) is 10.1. The summed E-state index contributed by atoms with van der Waals surface area (Å²) in [6.45, 7) is 3.76. The summed E-state index contributed by atoms with van der Waals surface area (Å²) in [7, 11) is 0. The van der Waals surface area contributed by atoms with Gasteiger partial charge in [0.05, 0.1) is 6.10 Å². The number of nitrogen functional groups attached to an aromatic ring is 1. The Balaban J connectivity index is 2.19. The Morgan fingerprint density at radius 1 is 1.35 bits per heavy atom. The van der Waals surface area contributed by atoms with E-state index in [4.69, 9.17) is 10.5 Å². The summed E-state index contributed by atoms with van der Waals surface area (Å²) in [4.78, 5) is 15.9. The van der Waals surface area contributed by atoms with Crippen molar-refractivity contribution in [3.63, 3.8) is 0 Å². The molecule has 0 aliphatic heterocycles. The highest BCUT2D eigenvalue weighted by molar-refractivity contribution is 7.99. The maximum Gasteiger partial charge on any atom is 0.322 e. The van der Waals surface area contributed by atoms with Crippen LogP contribution in [0.4, 0.5) is 5.95 Å². The van der Waals surface area contributed by atoms with Crippen LogP contribution in [0.1, 0.15) is 13.8 Å². The molecule has 8 nitrogen and oxygen atoms in total. The first-order valence-corrected chi connectivity index (χ1v) is 5.66. The first-order valence-electron chi connectivity index (χ1n) is 4.85. The van der Waals surface area contributed by atoms with Crippen LogP contribution in [0.25, 0.3) is 0 Å². The predicted molar refractivity (Wildman–Crippen MR) is 60.5 cm³/mol. The van der Waals surface area contributed by atoms with E-state index in [1.165, 1.54) is 18.1 Å². The molecule has 0 aliphatic carbocycles. The number of anilines is 1. The van der Waals surface area contributed by atoms with Crippen LogP contribution in [0, 0.1) is 0 Å². The summed E-state index contributed by atoms with van der Waals surface area (Å²) in [6.07, 6.45) is 1.37. The monoisotopic (exact) mass is 253 g/mol. The van der Waals surface area contributed by atoms with Crippen molar-refractivity contribution in [3.8, 4) is 6.01 Å². The third-order valence-electron chi connectivity index (χ3n) is 1.53. The van der Waals surface area contributed by atoms with E-state index in [2.05, 4.69) is 30.1 Å². The van der Waals surface area contributed by atoms with E-state index in [0.29, 0.717) is 10.3 Å². The fourth-order valence-electron chi connectivity index (χ4n) is 0.992. The second kappa shape index (κ2) is 4.95. The van der Waals surface area contributed by atoms with Crippen LogP contribution in [-0.4, -0.2) is 36.2 Å². The van der Waals surface area contributed by atoms with E-state index in [1.807, 2.05) is 13.8 Å². The Morgan fingerprint density at radius 3 is 2.82 bits per heavy atom. The molecule has 90 valence electrons. The number of nitrogens with two attached hydrogens (primary N) is 1. The Morgan fingerprint density at radius 2 is 2.18 bits per heavy atom. The number of nitrogens with zero attached hydrogens (tertiary/aromatic N) is 5. The molecule has 0 spiro atoms. The van der Waals surface area contributed by atoms with Gasteiger partial charge in [-0.1, -0.05) is 0 Å². The van der Waals surface area contributed by atoms with Crippen LogP contribution in [0.15, 0.2) is 16.6 Å². The zero-order valence-electron chi connectivity index (χ0n) is 9.28. The van der Waals surface area contributed by atoms with Crippen molar-refractivity contribution in [1.82, 2.24) is 30.1 Å². The van der Waals surface area contributed by atoms with Gasteiger partial charge < -0.3 is 10.5 Å².